The molecule has 6 heteroatoms. The first-order valence-corrected chi connectivity index (χ1v) is 8.40. The Bertz CT molecular complexity index is 476. The molecule has 2 heterocycles. The fraction of sp³-hybridized carbons (Fsp3) is 0.765. The number of nitrogens with two attached hydrogens (primary N) is 1. The Kier molecular flexibility index (Phi) is 5.81. The van der Waals surface area contributed by atoms with Crippen LogP contribution in [0.5, 0.6) is 0 Å². The second-order valence-electron chi connectivity index (χ2n) is 7.70. The fourth-order valence-electron chi connectivity index (χ4n) is 3.22. The Morgan fingerprint density at radius 3 is 2.43 bits per heavy atom. The highest BCUT2D eigenvalue weighted by Gasteiger charge is 2.39. The molecule has 2 rings (SSSR count). The van der Waals surface area contributed by atoms with Crippen LogP contribution < -0.4 is 11.1 Å². The quantitative estimate of drug-likeness (QED) is 0.759. The molecule has 0 aromatic rings. The number of hydrogen-bond acceptors (Lipinski definition) is 5. The van der Waals surface area contributed by atoms with Crippen LogP contribution in [-0.4, -0.2) is 48.6 Å². The summed E-state index contributed by atoms with van der Waals surface area (Å²) < 4.78 is 5.36. The van der Waals surface area contributed by atoms with E-state index >= 15 is 0 Å². The summed E-state index contributed by atoms with van der Waals surface area (Å²) in [6.07, 6.45) is 4.66. The lowest BCUT2D eigenvalue weighted by molar-refractivity contribution is -0.138. The molecule has 23 heavy (non-hydrogen) atoms. The Morgan fingerprint density at radius 1 is 1.26 bits per heavy atom. The Balaban J connectivity index is 1.84. The van der Waals surface area contributed by atoms with E-state index in [1.165, 1.54) is 6.08 Å². The molecule has 0 aromatic heterocycles. The monoisotopic (exact) mass is 323 g/mol. The fourth-order valence-corrected chi connectivity index (χ4v) is 3.22. The minimum absolute atomic E-state index is 0.0126. The molecular formula is C17H29N3O3. The number of allylic oxidation sites excluding steroid dienone is 1. The molecule has 2 amide bonds. The summed E-state index contributed by atoms with van der Waals surface area (Å²) in [4.78, 5) is 26.4. The summed E-state index contributed by atoms with van der Waals surface area (Å²) in [5.74, 6) is -0.636. The standard InChI is InChI=1S/C17H29N3O3/c1-17(2,3)11-12(18)10-15(21)19-16(22)14-4-7-20(14)13-5-8-23-9-6-13/h10,13-14H,4-9,11,18H2,1-3H3,(H,19,21,22)/t14-/m0/s1. The Hall–Kier alpha value is -1.40. The predicted molar refractivity (Wildman–Crippen MR) is 88.4 cm³/mol. The van der Waals surface area contributed by atoms with E-state index in [9.17, 15) is 9.59 Å². The normalized spacial score (nSPS) is 24.1. The number of carbonyl (C=O) groups excluding carboxylic acids is 2. The maximum Gasteiger partial charge on any atom is 0.252 e. The van der Waals surface area contributed by atoms with E-state index in [4.69, 9.17) is 10.5 Å². The van der Waals surface area contributed by atoms with Gasteiger partial charge >= 0.3 is 0 Å². The maximum absolute atomic E-state index is 12.3. The number of hydrogen-bond donors (Lipinski definition) is 2. The first-order chi connectivity index (χ1) is 10.8. The van der Waals surface area contributed by atoms with Crippen LogP contribution in [0.25, 0.3) is 0 Å². The number of ether oxygens (including phenoxy) is 1. The molecular weight excluding hydrogens is 294 g/mol. The van der Waals surface area contributed by atoms with Crippen molar-refractivity contribution in [2.45, 2.75) is 58.5 Å². The molecule has 0 unspecified atom stereocenters. The van der Waals surface area contributed by atoms with Crippen molar-refractivity contribution in [3.8, 4) is 0 Å². The summed E-state index contributed by atoms with van der Waals surface area (Å²) in [5.41, 5.74) is 6.38. The largest absolute Gasteiger partial charge is 0.402 e. The van der Waals surface area contributed by atoms with Crippen molar-refractivity contribution in [3.05, 3.63) is 11.8 Å². The highest BCUT2D eigenvalue weighted by Crippen LogP contribution is 2.26. The number of imide groups is 1. The zero-order valence-corrected chi connectivity index (χ0v) is 14.4. The van der Waals surface area contributed by atoms with Gasteiger partial charge in [-0.05, 0) is 31.1 Å². The number of carbonyl (C=O) groups is 2. The number of amides is 2. The molecule has 3 N–H and O–H groups in total. The van der Waals surface area contributed by atoms with Gasteiger partial charge in [0.1, 0.15) is 0 Å². The summed E-state index contributed by atoms with van der Waals surface area (Å²) in [7, 11) is 0. The second-order valence-corrected chi connectivity index (χ2v) is 7.70. The van der Waals surface area contributed by atoms with Crippen molar-refractivity contribution in [1.82, 2.24) is 10.2 Å². The van der Waals surface area contributed by atoms with Gasteiger partial charge in [0, 0.05) is 37.6 Å². The number of nitrogens with one attached hydrogen (secondary N) is 1. The van der Waals surface area contributed by atoms with Gasteiger partial charge in [0.2, 0.25) is 5.91 Å². The van der Waals surface area contributed by atoms with E-state index in [1.54, 1.807) is 0 Å². The van der Waals surface area contributed by atoms with Gasteiger partial charge in [-0.1, -0.05) is 20.8 Å². The minimum atomic E-state index is -0.421. The van der Waals surface area contributed by atoms with Gasteiger partial charge in [0.15, 0.2) is 0 Å². The van der Waals surface area contributed by atoms with Crippen LogP contribution in [0.2, 0.25) is 0 Å². The highest BCUT2D eigenvalue weighted by atomic mass is 16.5. The van der Waals surface area contributed by atoms with E-state index < -0.39 is 5.91 Å². The van der Waals surface area contributed by atoms with Crippen LogP contribution in [0.3, 0.4) is 0 Å². The topological polar surface area (TPSA) is 84.7 Å². The van der Waals surface area contributed by atoms with Crippen molar-refractivity contribution in [1.29, 1.82) is 0 Å². The van der Waals surface area contributed by atoms with Gasteiger partial charge in [-0.3, -0.25) is 19.8 Å². The van der Waals surface area contributed by atoms with Crippen LogP contribution in [0.15, 0.2) is 11.8 Å². The van der Waals surface area contributed by atoms with E-state index in [-0.39, 0.29) is 17.4 Å². The SMILES string of the molecule is CC(C)(C)CC(N)=CC(=O)NC(=O)[C@@H]1CCN1C1CCOCC1. The Morgan fingerprint density at radius 2 is 1.91 bits per heavy atom. The van der Waals surface area contributed by atoms with E-state index in [0.717, 1.165) is 39.0 Å². The van der Waals surface area contributed by atoms with Gasteiger partial charge in [-0.2, -0.15) is 0 Å². The molecule has 0 spiro atoms. The van der Waals surface area contributed by atoms with Crippen LogP contribution in [0.4, 0.5) is 0 Å². The number of nitrogens with zero attached hydrogens (tertiary/aromatic N) is 1. The Labute approximate surface area is 138 Å². The average Bonchev–Trinajstić information content (AvgIpc) is 2.35. The summed E-state index contributed by atoms with van der Waals surface area (Å²) in [6, 6.07) is 0.198. The van der Waals surface area contributed by atoms with Crippen LogP contribution in [-0.2, 0) is 14.3 Å². The minimum Gasteiger partial charge on any atom is -0.402 e. The molecule has 2 saturated heterocycles. The molecule has 130 valence electrons. The predicted octanol–water partition coefficient (Wildman–Crippen LogP) is 1.16. The number of rotatable bonds is 4. The van der Waals surface area contributed by atoms with Crippen molar-refractivity contribution in [3.63, 3.8) is 0 Å². The van der Waals surface area contributed by atoms with Crippen molar-refractivity contribution < 1.29 is 14.3 Å². The molecule has 0 saturated carbocycles. The summed E-state index contributed by atoms with van der Waals surface area (Å²) in [5, 5.41) is 2.46. The van der Waals surface area contributed by atoms with Crippen molar-refractivity contribution >= 4 is 11.8 Å². The smallest absolute Gasteiger partial charge is 0.252 e. The van der Waals surface area contributed by atoms with E-state index in [0.29, 0.717) is 18.2 Å². The van der Waals surface area contributed by atoms with Crippen molar-refractivity contribution in [2.24, 2.45) is 11.1 Å². The molecule has 2 aliphatic rings. The molecule has 0 radical (unpaired) electrons. The third kappa shape index (κ3) is 5.32. The molecule has 6 nitrogen and oxygen atoms in total. The van der Waals surface area contributed by atoms with Crippen LogP contribution in [0, 0.1) is 5.41 Å². The van der Waals surface area contributed by atoms with Crippen LogP contribution in [0.1, 0.15) is 46.5 Å². The zero-order chi connectivity index (χ0) is 17.0. The van der Waals surface area contributed by atoms with Crippen LogP contribution >= 0.6 is 0 Å². The maximum atomic E-state index is 12.3. The third-order valence-electron chi connectivity index (χ3n) is 4.32. The molecule has 2 fully saturated rings. The van der Waals surface area contributed by atoms with E-state index in [1.807, 2.05) is 0 Å². The molecule has 1 atom stereocenters. The number of likely N-dealkylation sites (tertiary alicyclic amines) is 1. The second kappa shape index (κ2) is 7.45. The average molecular weight is 323 g/mol. The lowest BCUT2D eigenvalue weighted by Gasteiger charge is -2.46. The lowest BCUT2D eigenvalue weighted by atomic mass is 9.90. The first-order valence-electron chi connectivity index (χ1n) is 8.40. The highest BCUT2D eigenvalue weighted by molar-refractivity contribution is 6.03. The van der Waals surface area contributed by atoms with Gasteiger partial charge < -0.3 is 10.5 Å². The van der Waals surface area contributed by atoms with Crippen molar-refractivity contribution in [2.75, 3.05) is 19.8 Å². The molecule has 0 aromatic carbocycles. The molecule has 0 aliphatic carbocycles. The van der Waals surface area contributed by atoms with Gasteiger partial charge in [-0.25, -0.2) is 0 Å². The van der Waals surface area contributed by atoms with Gasteiger partial charge in [0.05, 0.1) is 6.04 Å². The summed E-state index contributed by atoms with van der Waals surface area (Å²) >= 11 is 0. The zero-order valence-electron chi connectivity index (χ0n) is 14.4. The lowest BCUT2D eigenvalue weighted by Crippen LogP contribution is -2.61. The third-order valence-corrected chi connectivity index (χ3v) is 4.32. The van der Waals surface area contributed by atoms with Gasteiger partial charge in [0.25, 0.3) is 5.91 Å². The summed E-state index contributed by atoms with van der Waals surface area (Å²) in [6.45, 7) is 8.57. The van der Waals surface area contributed by atoms with Gasteiger partial charge in [-0.15, -0.1) is 0 Å². The molecule has 0 bridgehead atoms. The van der Waals surface area contributed by atoms with E-state index in [2.05, 4.69) is 31.0 Å². The molecule has 2 aliphatic heterocycles. The first kappa shape index (κ1) is 17.9.